The maximum atomic E-state index is 13.4. The van der Waals surface area contributed by atoms with E-state index in [0.717, 1.165) is 6.07 Å². The van der Waals surface area contributed by atoms with Gasteiger partial charge in [-0.2, -0.15) is 0 Å². The predicted octanol–water partition coefficient (Wildman–Crippen LogP) is 1.66. The van der Waals surface area contributed by atoms with E-state index >= 15 is 0 Å². The first-order valence-electron chi connectivity index (χ1n) is 6.60. The first-order valence-corrected chi connectivity index (χ1v) is 6.60. The summed E-state index contributed by atoms with van der Waals surface area (Å²) in [4.78, 5) is 27.1. The number of carbonyl (C=O) groups is 2. The van der Waals surface area contributed by atoms with E-state index in [1.165, 1.54) is 24.5 Å². The van der Waals surface area contributed by atoms with Gasteiger partial charge in [-0.05, 0) is 24.3 Å². The zero-order chi connectivity index (χ0) is 16.8. The fourth-order valence-corrected chi connectivity index (χ4v) is 1.75. The molecule has 0 aliphatic heterocycles. The summed E-state index contributed by atoms with van der Waals surface area (Å²) in [6.07, 6.45) is 2.92. The highest BCUT2D eigenvalue weighted by Crippen LogP contribution is 2.14. The molecule has 0 aliphatic rings. The number of carbonyl (C=O) groups excluding carboxylic acids is 2. The van der Waals surface area contributed by atoms with Crippen molar-refractivity contribution in [3.63, 3.8) is 0 Å². The number of hydrogen-bond donors (Lipinski definition) is 2. The number of rotatable bonds is 5. The van der Waals surface area contributed by atoms with Gasteiger partial charge in [-0.1, -0.05) is 0 Å². The van der Waals surface area contributed by atoms with Gasteiger partial charge in [0.15, 0.2) is 17.5 Å². The molecular formula is C15H12F3N3O2. The third kappa shape index (κ3) is 4.06. The first kappa shape index (κ1) is 16.5. The normalized spacial score (nSPS) is 10.2. The molecule has 0 saturated carbocycles. The molecule has 5 nitrogen and oxygen atoms in total. The Morgan fingerprint density at radius 1 is 0.870 bits per heavy atom. The minimum Gasteiger partial charge on any atom is -0.350 e. The van der Waals surface area contributed by atoms with Gasteiger partial charge in [0.1, 0.15) is 0 Å². The standard InChI is InChI=1S/C15H12F3N3O2/c16-11-2-1-10(12(17)13(11)18)15(23)21-8-7-20-14(22)9-3-5-19-6-4-9/h1-6H,7-8H2,(H,20,22)(H,21,23). The van der Waals surface area contributed by atoms with Crippen LogP contribution in [-0.4, -0.2) is 29.9 Å². The summed E-state index contributed by atoms with van der Waals surface area (Å²) in [7, 11) is 0. The lowest BCUT2D eigenvalue weighted by Crippen LogP contribution is -2.35. The van der Waals surface area contributed by atoms with Crippen LogP contribution in [0.3, 0.4) is 0 Å². The molecule has 0 fully saturated rings. The number of pyridine rings is 1. The summed E-state index contributed by atoms with van der Waals surface area (Å²) < 4.78 is 39.2. The molecule has 8 heteroatoms. The van der Waals surface area contributed by atoms with E-state index in [0.29, 0.717) is 11.6 Å². The Bertz CT molecular complexity index is 723. The van der Waals surface area contributed by atoms with E-state index in [4.69, 9.17) is 0 Å². The Balaban J connectivity index is 1.84. The number of hydrogen-bond acceptors (Lipinski definition) is 3. The van der Waals surface area contributed by atoms with Crippen LogP contribution >= 0.6 is 0 Å². The molecule has 2 amide bonds. The Labute approximate surface area is 129 Å². The summed E-state index contributed by atoms with van der Waals surface area (Å²) >= 11 is 0. The van der Waals surface area contributed by atoms with E-state index in [-0.39, 0.29) is 19.0 Å². The summed E-state index contributed by atoms with van der Waals surface area (Å²) in [6, 6.07) is 4.55. The number of aromatic nitrogens is 1. The molecule has 1 aromatic carbocycles. The zero-order valence-corrected chi connectivity index (χ0v) is 11.8. The zero-order valence-electron chi connectivity index (χ0n) is 11.8. The van der Waals surface area contributed by atoms with Crippen LogP contribution in [0.25, 0.3) is 0 Å². The topological polar surface area (TPSA) is 71.1 Å². The molecule has 2 N–H and O–H groups in total. The molecule has 2 rings (SSSR count). The molecule has 120 valence electrons. The minimum atomic E-state index is -1.70. The number of benzene rings is 1. The fraction of sp³-hybridized carbons (Fsp3) is 0.133. The Hall–Kier alpha value is -2.90. The molecule has 23 heavy (non-hydrogen) atoms. The van der Waals surface area contributed by atoms with Gasteiger partial charge in [0.05, 0.1) is 5.56 Å². The molecule has 0 aliphatic carbocycles. The molecular weight excluding hydrogens is 311 g/mol. The second-order valence-electron chi connectivity index (χ2n) is 4.47. The SMILES string of the molecule is O=C(NCCNC(=O)c1ccc(F)c(F)c1F)c1ccncc1. The van der Waals surface area contributed by atoms with Gasteiger partial charge in [-0.3, -0.25) is 14.6 Å². The quantitative estimate of drug-likeness (QED) is 0.649. The van der Waals surface area contributed by atoms with Crippen LogP contribution in [0.4, 0.5) is 13.2 Å². The van der Waals surface area contributed by atoms with Gasteiger partial charge in [0.25, 0.3) is 11.8 Å². The fourth-order valence-electron chi connectivity index (χ4n) is 1.75. The van der Waals surface area contributed by atoms with Crippen molar-refractivity contribution in [3.05, 3.63) is 65.2 Å². The maximum absolute atomic E-state index is 13.4. The average molecular weight is 323 g/mol. The van der Waals surface area contributed by atoms with E-state index in [1.807, 2.05) is 0 Å². The predicted molar refractivity (Wildman–Crippen MR) is 75.2 cm³/mol. The van der Waals surface area contributed by atoms with Crippen LogP contribution in [0.5, 0.6) is 0 Å². The molecule has 1 heterocycles. The third-order valence-electron chi connectivity index (χ3n) is 2.92. The maximum Gasteiger partial charge on any atom is 0.254 e. The Morgan fingerprint density at radius 3 is 2.13 bits per heavy atom. The van der Waals surface area contributed by atoms with Crippen molar-refractivity contribution in [3.8, 4) is 0 Å². The first-order chi connectivity index (χ1) is 11.0. The van der Waals surface area contributed by atoms with Crippen molar-refractivity contribution in [1.29, 1.82) is 0 Å². The number of amides is 2. The highest BCUT2D eigenvalue weighted by atomic mass is 19.2. The molecule has 0 radical (unpaired) electrons. The van der Waals surface area contributed by atoms with Gasteiger partial charge >= 0.3 is 0 Å². The van der Waals surface area contributed by atoms with Crippen molar-refractivity contribution in [1.82, 2.24) is 15.6 Å². The van der Waals surface area contributed by atoms with Gasteiger partial charge in [-0.15, -0.1) is 0 Å². The summed E-state index contributed by atoms with van der Waals surface area (Å²) in [5, 5.41) is 4.83. The smallest absolute Gasteiger partial charge is 0.254 e. The summed E-state index contributed by atoms with van der Waals surface area (Å²) in [5.74, 6) is -5.89. The van der Waals surface area contributed by atoms with Crippen LogP contribution in [0, 0.1) is 17.5 Å². The van der Waals surface area contributed by atoms with Gasteiger partial charge < -0.3 is 10.6 Å². The molecule has 0 atom stereocenters. The van der Waals surface area contributed by atoms with E-state index in [1.54, 1.807) is 0 Å². The van der Waals surface area contributed by atoms with Crippen molar-refractivity contribution < 1.29 is 22.8 Å². The molecule has 0 spiro atoms. The summed E-state index contributed by atoms with van der Waals surface area (Å²) in [5.41, 5.74) is -0.206. The van der Waals surface area contributed by atoms with E-state index in [9.17, 15) is 22.8 Å². The lowest BCUT2D eigenvalue weighted by molar-refractivity contribution is 0.0924. The molecule has 0 bridgehead atoms. The van der Waals surface area contributed by atoms with Crippen LogP contribution in [0.15, 0.2) is 36.7 Å². The minimum absolute atomic E-state index is 0.00586. The van der Waals surface area contributed by atoms with Crippen LogP contribution < -0.4 is 10.6 Å². The average Bonchev–Trinajstić information content (AvgIpc) is 2.57. The van der Waals surface area contributed by atoms with Gasteiger partial charge in [-0.25, -0.2) is 13.2 Å². The second kappa shape index (κ2) is 7.39. The molecule has 0 saturated heterocycles. The van der Waals surface area contributed by atoms with Crippen LogP contribution in [0.2, 0.25) is 0 Å². The Kier molecular flexibility index (Phi) is 5.29. The molecule has 2 aromatic rings. The third-order valence-corrected chi connectivity index (χ3v) is 2.92. The van der Waals surface area contributed by atoms with E-state index < -0.39 is 28.9 Å². The van der Waals surface area contributed by atoms with Crippen molar-refractivity contribution >= 4 is 11.8 Å². The highest BCUT2D eigenvalue weighted by Gasteiger charge is 2.18. The van der Waals surface area contributed by atoms with Crippen molar-refractivity contribution in [2.75, 3.05) is 13.1 Å². The summed E-state index contributed by atoms with van der Waals surface area (Å²) in [6.45, 7) is 0.0757. The second-order valence-corrected chi connectivity index (χ2v) is 4.47. The van der Waals surface area contributed by atoms with Crippen LogP contribution in [-0.2, 0) is 0 Å². The number of nitrogens with zero attached hydrogens (tertiary/aromatic N) is 1. The lowest BCUT2D eigenvalue weighted by Gasteiger charge is -2.08. The van der Waals surface area contributed by atoms with Gasteiger partial charge in [0.2, 0.25) is 0 Å². The molecule has 1 aromatic heterocycles. The van der Waals surface area contributed by atoms with E-state index in [2.05, 4.69) is 15.6 Å². The largest absolute Gasteiger partial charge is 0.350 e. The van der Waals surface area contributed by atoms with Gasteiger partial charge in [0, 0.05) is 31.0 Å². The highest BCUT2D eigenvalue weighted by molar-refractivity contribution is 5.95. The Morgan fingerprint density at radius 2 is 1.48 bits per heavy atom. The monoisotopic (exact) mass is 323 g/mol. The molecule has 0 unspecified atom stereocenters. The number of nitrogens with one attached hydrogen (secondary N) is 2. The van der Waals surface area contributed by atoms with Crippen LogP contribution in [0.1, 0.15) is 20.7 Å². The lowest BCUT2D eigenvalue weighted by atomic mass is 10.2. The number of halogens is 3. The van der Waals surface area contributed by atoms with Crippen molar-refractivity contribution in [2.45, 2.75) is 0 Å². The van der Waals surface area contributed by atoms with Crippen molar-refractivity contribution in [2.24, 2.45) is 0 Å².